The molecule has 3 aromatic rings. The molecule has 25 heavy (non-hydrogen) atoms. The third-order valence-corrected chi connectivity index (χ3v) is 4.26. The van der Waals surface area contributed by atoms with E-state index in [1.54, 1.807) is 16.9 Å². The van der Waals surface area contributed by atoms with Gasteiger partial charge in [-0.3, -0.25) is 0 Å². The summed E-state index contributed by atoms with van der Waals surface area (Å²) in [7, 11) is 0. The number of pyridine rings is 1. The van der Waals surface area contributed by atoms with Crippen molar-refractivity contribution in [3.63, 3.8) is 0 Å². The first-order valence-electron chi connectivity index (χ1n) is 8.14. The van der Waals surface area contributed by atoms with E-state index in [1.807, 2.05) is 24.3 Å². The summed E-state index contributed by atoms with van der Waals surface area (Å²) in [6, 6.07) is 7.50. The maximum Gasteiger partial charge on any atom is 0.201 e. The van der Waals surface area contributed by atoms with Crippen LogP contribution >= 0.6 is 0 Å². The Morgan fingerprint density at radius 3 is 3.08 bits per heavy atom. The molecule has 3 aromatic heterocycles. The Hall–Kier alpha value is -3.05. The van der Waals surface area contributed by atoms with Gasteiger partial charge in [-0.25, -0.2) is 14.5 Å². The molecule has 4 rings (SSSR count). The van der Waals surface area contributed by atoms with Gasteiger partial charge in [0.25, 0.3) is 0 Å². The molecule has 1 atom stereocenters. The Labute approximate surface area is 143 Å². The van der Waals surface area contributed by atoms with E-state index in [-0.39, 0.29) is 23.4 Å². The standard InChI is InChI=1S/C17H16FN7/c18-15-13(8-19)23-16(12-10-21-25-7-2-1-5-14(12)25)24-17(15)22-11-4-3-6-20-9-11/h1-2,5,7,10-11,20H,3-4,6,9H2,(H,22,23,24)/t11-/m1/s1. The summed E-state index contributed by atoms with van der Waals surface area (Å²) in [5, 5.41) is 19.9. The maximum atomic E-state index is 14.5. The highest BCUT2D eigenvalue weighted by Crippen LogP contribution is 2.25. The van der Waals surface area contributed by atoms with E-state index in [0.29, 0.717) is 5.56 Å². The van der Waals surface area contributed by atoms with Gasteiger partial charge in [0.1, 0.15) is 6.07 Å². The molecule has 0 radical (unpaired) electrons. The summed E-state index contributed by atoms with van der Waals surface area (Å²) in [5.74, 6) is -0.371. The fourth-order valence-electron chi connectivity index (χ4n) is 3.01. The van der Waals surface area contributed by atoms with E-state index in [0.717, 1.165) is 31.4 Å². The fourth-order valence-corrected chi connectivity index (χ4v) is 3.01. The van der Waals surface area contributed by atoms with Crippen molar-refractivity contribution < 1.29 is 4.39 Å². The molecule has 4 heterocycles. The van der Waals surface area contributed by atoms with Crippen molar-refractivity contribution in [2.75, 3.05) is 18.4 Å². The SMILES string of the molecule is N#Cc1nc(-c2cnn3ccccc23)nc(N[C@@H]2CCCNC2)c1F. The molecule has 1 aliphatic heterocycles. The number of nitrogens with one attached hydrogen (secondary N) is 2. The molecule has 0 bridgehead atoms. The third-order valence-electron chi connectivity index (χ3n) is 4.26. The van der Waals surface area contributed by atoms with E-state index < -0.39 is 5.82 Å². The molecule has 0 aromatic carbocycles. The molecule has 2 N–H and O–H groups in total. The van der Waals surface area contributed by atoms with Crippen molar-refractivity contribution >= 4 is 11.3 Å². The van der Waals surface area contributed by atoms with Crippen LogP contribution in [0.3, 0.4) is 0 Å². The number of halogens is 1. The fraction of sp³-hybridized carbons (Fsp3) is 0.294. The normalized spacial score (nSPS) is 17.4. The first-order valence-corrected chi connectivity index (χ1v) is 8.14. The van der Waals surface area contributed by atoms with Crippen molar-refractivity contribution in [1.29, 1.82) is 5.26 Å². The van der Waals surface area contributed by atoms with Crippen LogP contribution in [0.4, 0.5) is 10.2 Å². The number of fused-ring (bicyclic) bond motifs is 1. The highest BCUT2D eigenvalue weighted by molar-refractivity contribution is 5.76. The summed E-state index contributed by atoms with van der Waals surface area (Å²) < 4.78 is 16.2. The quantitative estimate of drug-likeness (QED) is 0.759. The van der Waals surface area contributed by atoms with Crippen LogP contribution in [0.1, 0.15) is 18.5 Å². The molecule has 7 nitrogen and oxygen atoms in total. The minimum Gasteiger partial charge on any atom is -0.363 e. The second-order valence-corrected chi connectivity index (χ2v) is 5.95. The number of anilines is 1. The van der Waals surface area contributed by atoms with Crippen molar-refractivity contribution in [1.82, 2.24) is 24.9 Å². The Morgan fingerprint density at radius 1 is 1.36 bits per heavy atom. The zero-order chi connectivity index (χ0) is 17.2. The van der Waals surface area contributed by atoms with Crippen molar-refractivity contribution in [3.05, 3.63) is 42.1 Å². The molecule has 1 fully saturated rings. The highest BCUT2D eigenvalue weighted by atomic mass is 19.1. The number of hydrogen-bond donors (Lipinski definition) is 2. The maximum absolute atomic E-state index is 14.5. The average Bonchev–Trinajstić information content (AvgIpc) is 3.08. The minimum atomic E-state index is -0.715. The van der Waals surface area contributed by atoms with Crippen LogP contribution in [0.25, 0.3) is 16.9 Å². The van der Waals surface area contributed by atoms with Crippen LogP contribution in [0.2, 0.25) is 0 Å². The third kappa shape index (κ3) is 2.90. The van der Waals surface area contributed by atoms with Gasteiger partial charge in [0.15, 0.2) is 17.3 Å². The second kappa shape index (κ2) is 6.45. The van der Waals surface area contributed by atoms with Crippen molar-refractivity contribution in [2.24, 2.45) is 0 Å². The zero-order valence-corrected chi connectivity index (χ0v) is 13.4. The van der Waals surface area contributed by atoms with Crippen LogP contribution < -0.4 is 10.6 Å². The Bertz CT molecular complexity index is 953. The van der Waals surface area contributed by atoms with Gasteiger partial charge in [0, 0.05) is 18.8 Å². The Kier molecular flexibility index (Phi) is 3.99. The summed E-state index contributed by atoms with van der Waals surface area (Å²) >= 11 is 0. The second-order valence-electron chi connectivity index (χ2n) is 5.95. The molecule has 0 unspecified atom stereocenters. The summed E-state index contributed by atoms with van der Waals surface area (Å²) in [4.78, 5) is 8.42. The lowest BCUT2D eigenvalue weighted by atomic mass is 10.1. The molecular weight excluding hydrogens is 321 g/mol. The molecule has 0 saturated carbocycles. The number of nitriles is 1. The van der Waals surface area contributed by atoms with Gasteiger partial charge >= 0.3 is 0 Å². The number of hydrogen-bond acceptors (Lipinski definition) is 6. The average molecular weight is 337 g/mol. The predicted molar refractivity (Wildman–Crippen MR) is 90.4 cm³/mol. The zero-order valence-electron chi connectivity index (χ0n) is 13.4. The molecule has 0 spiro atoms. The molecular formula is C17H16FN7. The van der Waals surface area contributed by atoms with E-state index in [1.165, 1.54) is 0 Å². The van der Waals surface area contributed by atoms with Crippen LogP contribution in [-0.4, -0.2) is 38.7 Å². The largest absolute Gasteiger partial charge is 0.363 e. The van der Waals surface area contributed by atoms with Gasteiger partial charge in [-0.2, -0.15) is 14.8 Å². The molecule has 126 valence electrons. The van der Waals surface area contributed by atoms with Gasteiger partial charge < -0.3 is 10.6 Å². The van der Waals surface area contributed by atoms with E-state index >= 15 is 0 Å². The number of aromatic nitrogens is 4. The van der Waals surface area contributed by atoms with Crippen LogP contribution in [0, 0.1) is 17.1 Å². The smallest absolute Gasteiger partial charge is 0.201 e. The van der Waals surface area contributed by atoms with Crippen LogP contribution in [-0.2, 0) is 0 Å². The lowest BCUT2D eigenvalue weighted by Gasteiger charge is -2.24. The highest BCUT2D eigenvalue weighted by Gasteiger charge is 2.21. The predicted octanol–water partition coefficient (Wildman–Crippen LogP) is 1.97. The van der Waals surface area contributed by atoms with Gasteiger partial charge in [-0.1, -0.05) is 6.07 Å². The summed E-state index contributed by atoms with van der Waals surface area (Å²) in [6.45, 7) is 1.69. The number of nitrogens with zero attached hydrogens (tertiary/aromatic N) is 5. The van der Waals surface area contributed by atoms with Crippen LogP contribution in [0.5, 0.6) is 0 Å². The van der Waals surface area contributed by atoms with Gasteiger partial charge in [0.2, 0.25) is 5.82 Å². The monoisotopic (exact) mass is 337 g/mol. The number of rotatable bonds is 3. The van der Waals surface area contributed by atoms with E-state index in [2.05, 4.69) is 25.7 Å². The molecule has 0 amide bonds. The summed E-state index contributed by atoms with van der Waals surface area (Å²) in [6.07, 6.45) is 5.36. The Balaban J connectivity index is 1.78. The van der Waals surface area contributed by atoms with Crippen molar-refractivity contribution in [2.45, 2.75) is 18.9 Å². The van der Waals surface area contributed by atoms with E-state index in [4.69, 9.17) is 0 Å². The Morgan fingerprint density at radius 2 is 2.28 bits per heavy atom. The first-order chi connectivity index (χ1) is 12.3. The van der Waals surface area contributed by atoms with Crippen molar-refractivity contribution in [3.8, 4) is 17.5 Å². The van der Waals surface area contributed by atoms with Gasteiger partial charge in [-0.15, -0.1) is 0 Å². The van der Waals surface area contributed by atoms with Gasteiger partial charge in [-0.05, 0) is 31.5 Å². The molecule has 0 aliphatic carbocycles. The number of piperidine rings is 1. The minimum absolute atomic E-state index is 0.0607. The van der Waals surface area contributed by atoms with Gasteiger partial charge in [0.05, 0.1) is 17.3 Å². The molecule has 1 saturated heterocycles. The lowest BCUT2D eigenvalue weighted by Crippen LogP contribution is -2.38. The topological polar surface area (TPSA) is 90.9 Å². The lowest BCUT2D eigenvalue weighted by molar-refractivity contribution is 0.476. The molecule has 1 aliphatic rings. The van der Waals surface area contributed by atoms with Crippen LogP contribution in [0.15, 0.2) is 30.6 Å². The summed E-state index contributed by atoms with van der Waals surface area (Å²) in [5.41, 5.74) is 1.18. The first kappa shape index (κ1) is 15.5. The molecule has 8 heteroatoms. The van der Waals surface area contributed by atoms with E-state index in [9.17, 15) is 9.65 Å².